The number of furan rings is 1. The van der Waals surface area contributed by atoms with Gasteiger partial charge in [-0.15, -0.1) is 0 Å². The Morgan fingerprint density at radius 1 is 1.16 bits per heavy atom. The molecule has 6 nitrogen and oxygen atoms in total. The molecule has 3 aromatic rings. The van der Waals surface area contributed by atoms with Crippen LogP contribution in [0.3, 0.4) is 0 Å². The van der Waals surface area contributed by atoms with Gasteiger partial charge in [-0.05, 0) is 38.2 Å². The fourth-order valence-electron chi connectivity index (χ4n) is 5.30. The lowest BCUT2D eigenvalue weighted by Crippen LogP contribution is -2.65. The smallest absolute Gasteiger partial charge is 0.271 e. The topological polar surface area (TPSA) is 67.5 Å². The number of carbonyl (C=O) groups excluding carboxylic acids is 2. The number of hydrogen-bond donors (Lipinski definition) is 1. The summed E-state index contributed by atoms with van der Waals surface area (Å²) < 4.78 is 7.50. The fraction of sp³-hybridized carbons (Fsp3) is 0.462. The van der Waals surface area contributed by atoms with Crippen LogP contribution in [0.4, 0.5) is 0 Å². The van der Waals surface area contributed by atoms with E-state index in [4.69, 9.17) is 4.42 Å². The third-order valence-corrected chi connectivity index (χ3v) is 7.17. The molecule has 5 rings (SSSR count). The van der Waals surface area contributed by atoms with Gasteiger partial charge in [0.1, 0.15) is 11.2 Å². The Bertz CT molecular complexity index is 1110. The van der Waals surface area contributed by atoms with Crippen LogP contribution in [0.1, 0.15) is 61.5 Å². The normalized spacial score (nSPS) is 21.7. The number of rotatable bonds is 6. The molecular weight excluding hydrogens is 402 g/mol. The fourth-order valence-corrected chi connectivity index (χ4v) is 5.30. The van der Waals surface area contributed by atoms with Gasteiger partial charge in [0.05, 0.1) is 18.3 Å². The maximum atomic E-state index is 13.6. The van der Waals surface area contributed by atoms with Gasteiger partial charge in [-0.2, -0.15) is 0 Å². The molecule has 0 bridgehead atoms. The molecule has 3 heterocycles. The van der Waals surface area contributed by atoms with Crippen LogP contribution in [-0.4, -0.2) is 39.4 Å². The molecular formula is C26H31N3O3. The molecule has 6 heteroatoms. The van der Waals surface area contributed by atoms with Crippen LogP contribution in [0, 0.1) is 0 Å². The van der Waals surface area contributed by atoms with E-state index in [1.165, 1.54) is 12.0 Å². The molecule has 168 valence electrons. The first-order valence-electron chi connectivity index (χ1n) is 11.8. The quantitative estimate of drug-likeness (QED) is 0.621. The molecule has 0 saturated heterocycles. The maximum Gasteiger partial charge on any atom is 0.271 e. The van der Waals surface area contributed by atoms with Crippen LogP contribution in [0.2, 0.25) is 0 Å². The van der Waals surface area contributed by atoms with Crippen LogP contribution >= 0.6 is 0 Å². The number of hydrogen-bond acceptors (Lipinski definition) is 3. The van der Waals surface area contributed by atoms with Crippen LogP contribution in [0.25, 0.3) is 11.1 Å². The molecule has 1 aromatic carbocycles. The van der Waals surface area contributed by atoms with E-state index >= 15 is 0 Å². The summed E-state index contributed by atoms with van der Waals surface area (Å²) in [5.74, 6) is -0.148. The van der Waals surface area contributed by atoms with E-state index in [9.17, 15) is 9.59 Å². The summed E-state index contributed by atoms with van der Waals surface area (Å²) in [4.78, 5) is 29.1. The number of carbonyl (C=O) groups is 2. The highest BCUT2D eigenvalue weighted by molar-refractivity contribution is 6.02. The van der Waals surface area contributed by atoms with Crippen LogP contribution < -0.4 is 5.32 Å². The van der Waals surface area contributed by atoms with E-state index < -0.39 is 5.54 Å². The van der Waals surface area contributed by atoms with Gasteiger partial charge in [0.2, 0.25) is 5.91 Å². The molecule has 1 aliphatic carbocycles. The average Bonchev–Trinajstić information content (AvgIpc) is 3.40. The number of fused-ring (bicyclic) bond motifs is 3. The van der Waals surface area contributed by atoms with Gasteiger partial charge in [0, 0.05) is 24.7 Å². The number of amides is 2. The first-order chi connectivity index (χ1) is 15.6. The Balaban J connectivity index is 1.42. The van der Waals surface area contributed by atoms with Crippen molar-refractivity contribution in [3.8, 4) is 0 Å². The first kappa shape index (κ1) is 20.9. The van der Waals surface area contributed by atoms with Gasteiger partial charge in [-0.25, -0.2) is 0 Å². The third-order valence-electron chi connectivity index (χ3n) is 7.17. The second-order valence-electron chi connectivity index (χ2n) is 9.41. The molecule has 1 saturated carbocycles. The van der Waals surface area contributed by atoms with Crippen molar-refractivity contribution in [2.24, 2.45) is 0 Å². The van der Waals surface area contributed by atoms with Crippen molar-refractivity contribution in [1.82, 2.24) is 14.8 Å². The lowest BCUT2D eigenvalue weighted by molar-refractivity contribution is -0.133. The molecule has 2 aromatic heterocycles. The van der Waals surface area contributed by atoms with Crippen LogP contribution in [0.5, 0.6) is 0 Å². The summed E-state index contributed by atoms with van der Waals surface area (Å²) >= 11 is 0. The van der Waals surface area contributed by atoms with Crippen LogP contribution in [-0.2, 0) is 17.8 Å². The standard InChI is InChI=1S/C26H31N3O3/c1-26(25(31)27-20-12-6-3-7-13-20)18-28-21-14-16-32-23(21)17-22(28)24(30)29(26)15-8-11-19-9-4-2-5-10-19/h2,4-5,9-10,14,16-17,20H,3,6-8,11-13,15,18H2,1H3,(H,27,31)/t26-/m1/s1. The zero-order valence-corrected chi connectivity index (χ0v) is 18.7. The molecule has 2 aliphatic rings. The summed E-state index contributed by atoms with van der Waals surface area (Å²) in [6.07, 6.45) is 8.88. The highest BCUT2D eigenvalue weighted by atomic mass is 16.3. The van der Waals surface area contributed by atoms with E-state index in [0.29, 0.717) is 24.4 Å². The molecule has 32 heavy (non-hydrogen) atoms. The maximum absolute atomic E-state index is 13.6. The zero-order chi connectivity index (χ0) is 22.1. The molecule has 0 unspecified atom stereocenters. The SMILES string of the molecule is C[C@]1(C(=O)NC2CCCCC2)Cn2c(cc3occc32)C(=O)N1CCCc1ccccc1. The summed E-state index contributed by atoms with van der Waals surface area (Å²) in [6, 6.07) is 14.2. The van der Waals surface area contributed by atoms with Crippen molar-refractivity contribution in [3.05, 3.63) is 60.0 Å². The number of benzene rings is 1. The van der Waals surface area contributed by atoms with Crippen LogP contribution in [0.15, 0.2) is 53.1 Å². The number of aromatic nitrogens is 1. The van der Waals surface area contributed by atoms with Crippen molar-refractivity contribution < 1.29 is 14.0 Å². The Morgan fingerprint density at radius 2 is 1.94 bits per heavy atom. The number of nitrogens with one attached hydrogen (secondary N) is 1. The summed E-state index contributed by atoms with van der Waals surface area (Å²) in [5.41, 5.74) is 2.46. The van der Waals surface area contributed by atoms with Gasteiger partial charge in [-0.1, -0.05) is 49.6 Å². The Labute approximate surface area is 188 Å². The first-order valence-corrected chi connectivity index (χ1v) is 11.8. The predicted octanol–water partition coefficient (Wildman–Crippen LogP) is 4.53. The summed E-state index contributed by atoms with van der Waals surface area (Å²) in [5, 5.41) is 3.28. The predicted molar refractivity (Wildman–Crippen MR) is 123 cm³/mol. The van der Waals surface area contributed by atoms with E-state index in [1.54, 1.807) is 17.2 Å². The number of nitrogens with zero attached hydrogens (tertiary/aromatic N) is 2. The lowest BCUT2D eigenvalue weighted by Gasteiger charge is -2.45. The van der Waals surface area contributed by atoms with Crippen molar-refractivity contribution in [3.63, 3.8) is 0 Å². The van der Waals surface area contributed by atoms with Crippen molar-refractivity contribution in [2.75, 3.05) is 6.54 Å². The van der Waals surface area contributed by atoms with Crippen molar-refractivity contribution in [1.29, 1.82) is 0 Å². The van der Waals surface area contributed by atoms with E-state index in [-0.39, 0.29) is 17.9 Å². The second-order valence-corrected chi connectivity index (χ2v) is 9.41. The zero-order valence-electron chi connectivity index (χ0n) is 18.7. The molecule has 1 fully saturated rings. The third kappa shape index (κ3) is 3.72. The van der Waals surface area contributed by atoms with E-state index in [2.05, 4.69) is 17.4 Å². The highest BCUT2D eigenvalue weighted by Crippen LogP contribution is 2.33. The monoisotopic (exact) mass is 433 g/mol. The van der Waals surface area contributed by atoms with E-state index in [1.807, 2.05) is 35.8 Å². The van der Waals surface area contributed by atoms with Gasteiger partial charge in [0.25, 0.3) is 5.91 Å². The molecule has 1 atom stereocenters. The Morgan fingerprint density at radius 3 is 2.72 bits per heavy atom. The summed E-state index contributed by atoms with van der Waals surface area (Å²) in [6.45, 7) is 2.89. The summed E-state index contributed by atoms with van der Waals surface area (Å²) in [7, 11) is 0. The number of aryl methyl sites for hydroxylation is 1. The molecule has 0 radical (unpaired) electrons. The molecule has 1 aliphatic heterocycles. The largest absolute Gasteiger partial charge is 0.463 e. The molecule has 0 spiro atoms. The van der Waals surface area contributed by atoms with Crippen molar-refractivity contribution >= 4 is 22.9 Å². The second kappa shape index (κ2) is 8.49. The van der Waals surface area contributed by atoms with Crippen molar-refractivity contribution in [2.45, 2.75) is 70.0 Å². The Hall–Kier alpha value is -3.02. The minimum absolute atomic E-state index is 0.0477. The van der Waals surface area contributed by atoms with Gasteiger partial charge >= 0.3 is 0 Å². The molecule has 1 N–H and O–H groups in total. The van der Waals surface area contributed by atoms with Gasteiger partial charge < -0.3 is 19.2 Å². The highest BCUT2D eigenvalue weighted by Gasteiger charge is 2.48. The minimum Gasteiger partial charge on any atom is -0.463 e. The average molecular weight is 434 g/mol. The van der Waals surface area contributed by atoms with Gasteiger partial charge in [-0.3, -0.25) is 9.59 Å². The van der Waals surface area contributed by atoms with E-state index in [0.717, 1.165) is 44.0 Å². The lowest BCUT2D eigenvalue weighted by atomic mass is 9.91. The minimum atomic E-state index is -0.943. The molecule has 2 amide bonds. The van der Waals surface area contributed by atoms with Gasteiger partial charge in [0.15, 0.2) is 5.58 Å². The Kier molecular flexibility index (Phi) is 5.53.